The summed E-state index contributed by atoms with van der Waals surface area (Å²) >= 11 is 3.32. The third-order valence-electron chi connectivity index (χ3n) is 1.57. The van der Waals surface area contributed by atoms with Crippen LogP contribution in [0.1, 0.15) is 12.7 Å². The van der Waals surface area contributed by atoms with E-state index in [9.17, 15) is 0 Å². The van der Waals surface area contributed by atoms with Gasteiger partial charge in [0.2, 0.25) is 0 Å². The van der Waals surface area contributed by atoms with Crippen LogP contribution in [0.15, 0.2) is 21.2 Å². The number of halogens is 1. The Kier molecular flexibility index (Phi) is 3.15. The molecule has 0 fully saturated rings. The minimum absolute atomic E-state index is 0.494. The first kappa shape index (κ1) is 8.81. The Bertz CT molecular complexity index is 222. The molecule has 0 saturated carbocycles. The van der Waals surface area contributed by atoms with E-state index >= 15 is 0 Å². The van der Waals surface area contributed by atoms with E-state index in [1.807, 2.05) is 6.07 Å². The first-order valence-corrected chi connectivity index (χ1v) is 4.44. The lowest BCUT2D eigenvalue weighted by molar-refractivity contribution is 0.460. The molecule has 1 aromatic heterocycles. The predicted octanol–water partition coefficient (Wildman–Crippen LogP) is 2.18. The smallest absolute Gasteiger partial charge is 0.105 e. The molecule has 1 atom stereocenters. The Labute approximate surface area is 74.9 Å². The quantitative estimate of drug-likeness (QED) is 0.844. The van der Waals surface area contributed by atoms with Gasteiger partial charge in [0.05, 0.1) is 4.47 Å². The lowest BCUT2D eigenvalue weighted by Gasteiger charge is -2.03. The van der Waals surface area contributed by atoms with Gasteiger partial charge in [0, 0.05) is 6.42 Å². The second-order valence-corrected chi connectivity index (χ2v) is 3.69. The number of hydrogen-bond acceptors (Lipinski definition) is 2. The normalized spacial score (nSPS) is 13.4. The van der Waals surface area contributed by atoms with Crippen molar-refractivity contribution in [2.75, 3.05) is 6.54 Å². The van der Waals surface area contributed by atoms with Crippen molar-refractivity contribution in [3.63, 3.8) is 0 Å². The SMILES string of the molecule is CC(CN)Cc1cc(Br)co1. The molecular formula is C8H12BrNO. The third kappa shape index (κ3) is 2.67. The van der Waals surface area contributed by atoms with Crippen LogP contribution in [-0.4, -0.2) is 6.54 Å². The number of nitrogens with two attached hydrogens (primary N) is 1. The Hall–Kier alpha value is -0.280. The third-order valence-corrected chi connectivity index (χ3v) is 1.99. The minimum atomic E-state index is 0.494. The Morgan fingerprint density at radius 1 is 1.73 bits per heavy atom. The highest BCUT2D eigenvalue weighted by Crippen LogP contribution is 2.16. The largest absolute Gasteiger partial charge is 0.468 e. The summed E-state index contributed by atoms with van der Waals surface area (Å²) in [7, 11) is 0. The van der Waals surface area contributed by atoms with Gasteiger partial charge in [0.25, 0.3) is 0 Å². The standard InChI is InChI=1S/C8H12BrNO/c1-6(4-10)2-8-3-7(9)5-11-8/h3,5-6H,2,4,10H2,1H3. The van der Waals surface area contributed by atoms with Crippen molar-refractivity contribution in [1.82, 2.24) is 0 Å². The molecule has 1 heterocycles. The molecule has 1 rings (SSSR count). The number of hydrogen-bond donors (Lipinski definition) is 1. The van der Waals surface area contributed by atoms with Crippen molar-refractivity contribution in [2.45, 2.75) is 13.3 Å². The van der Waals surface area contributed by atoms with Crippen LogP contribution in [0, 0.1) is 5.92 Å². The van der Waals surface area contributed by atoms with Crippen LogP contribution in [-0.2, 0) is 6.42 Å². The summed E-state index contributed by atoms with van der Waals surface area (Å²) in [5.74, 6) is 1.49. The first-order chi connectivity index (χ1) is 5.22. The lowest BCUT2D eigenvalue weighted by Crippen LogP contribution is -2.12. The molecule has 0 spiro atoms. The highest BCUT2D eigenvalue weighted by Gasteiger charge is 2.04. The summed E-state index contributed by atoms with van der Waals surface area (Å²) < 4.78 is 6.23. The van der Waals surface area contributed by atoms with E-state index < -0.39 is 0 Å². The van der Waals surface area contributed by atoms with E-state index in [1.54, 1.807) is 6.26 Å². The van der Waals surface area contributed by atoms with Crippen molar-refractivity contribution in [2.24, 2.45) is 11.7 Å². The van der Waals surface area contributed by atoms with Crippen LogP contribution >= 0.6 is 15.9 Å². The van der Waals surface area contributed by atoms with Crippen molar-refractivity contribution in [3.8, 4) is 0 Å². The van der Waals surface area contributed by atoms with Gasteiger partial charge in [-0.25, -0.2) is 0 Å². The molecule has 0 saturated heterocycles. The fourth-order valence-corrected chi connectivity index (χ4v) is 1.24. The minimum Gasteiger partial charge on any atom is -0.468 e. The van der Waals surface area contributed by atoms with E-state index in [-0.39, 0.29) is 0 Å². The van der Waals surface area contributed by atoms with E-state index in [0.29, 0.717) is 12.5 Å². The molecule has 0 aliphatic carbocycles. The highest BCUT2D eigenvalue weighted by molar-refractivity contribution is 9.10. The van der Waals surface area contributed by atoms with E-state index in [4.69, 9.17) is 10.2 Å². The van der Waals surface area contributed by atoms with Crippen molar-refractivity contribution in [3.05, 3.63) is 22.6 Å². The van der Waals surface area contributed by atoms with Gasteiger partial charge in [-0.3, -0.25) is 0 Å². The zero-order valence-electron chi connectivity index (χ0n) is 6.51. The summed E-state index contributed by atoms with van der Waals surface area (Å²) in [4.78, 5) is 0. The van der Waals surface area contributed by atoms with E-state index in [1.165, 1.54) is 0 Å². The molecule has 0 amide bonds. The van der Waals surface area contributed by atoms with Gasteiger partial charge in [0.15, 0.2) is 0 Å². The van der Waals surface area contributed by atoms with E-state index in [2.05, 4.69) is 22.9 Å². The van der Waals surface area contributed by atoms with Gasteiger partial charge >= 0.3 is 0 Å². The van der Waals surface area contributed by atoms with Crippen LogP contribution in [0.4, 0.5) is 0 Å². The zero-order valence-corrected chi connectivity index (χ0v) is 8.10. The fourth-order valence-electron chi connectivity index (χ4n) is 0.888. The maximum atomic E-state index is 5.47. The van der Waals surface area contributed by atoms with Crippen molar-refractivity contribution >= 4 is 15.9 Å². The molecule has 1 aromatic rings. The zero-order chi connectivity index (χ0) is 8.27. The average Bonchev–Trinajstić information content (AvgIpc) is 2.35. The lowest BCUT2D eigenvalue weighted by atomic mass is 10.1. The number of rotatable bonds is 3. The molecular weight excluding hydrogens is 206 g/mol. The van der Waals surface area contributed by atoms with Gasteiger partial charge in [-0.1, -0.05) is 6.92 Å². The van der Waals surface area contributed by atoms with Gasteiger partial charge in [-0.15, -0.1) is 0 Å². The molecule has 3 heteroatoms. The van der Waals surface area contributed by atoms with Gasteiger partial charge in [-0.2, -0.15) is 0 Å². The number of furan rings is 1. The predicted molar refractivity (Wildman–Crippen MR) is 48.3 cm³/mol. The summed E-state index contributed by atoms with van der Waals surface area (Å²) in [5.41, 5.74) is 5.47. The molecule has 0 aliphatic rings. The summed E-state index contributed by atoms with van der Waals surface area (Å²) in [5, 5.41) is 0. The summed E-state index contributed by atoms with van der Waals surface area (Å²) in [6.07, 6.45) is 2.61. The summed E-state index contributed by atoms with van der Waals surface area (Å²) in [6.45, 7) is 2.81. The van der Waals surface area contributed by atoms with Gasteiger partial charge < -0.3 is 10.2 Å². The van der Waals surface area contributed by atoms with Crippen molar-refractivity contribution < 1.29 is 4.42 Å². The maximum absolute atomic E-state index is 5.47. The summed E-state index contributed by atoms with van der Waals surface area (Å²) in [6, 6.07) is 1.98. The molecule has 1 unspecified atom stereocenters. The topological polar surface area (TPSA) is 39.2 Å². The highest BCUT2D eigenvalue weighted by atomic mass is 79.9. The molecule has 0 aromatic carbocycles. The Morgan fingerprint density at radius 3 is 2.91 bits per heavy atom. The second kappa shape index (κ2) is 3.93. The van der Waals surface area contributed by atoms with Crippen LogP contribution < -0.4 is 5.73 Å². The Morgan fingerprint density at radius 2 is 2.45 bits per heavy atom. The first-order valence-electron chi connectivity index (χ1n) is 3.65. The van der Waals surface area contributed by atoms with Crippen molar-refractivity contribution in [1.29, 1.82) is 0 Å². The average molecular weight is 218 g/mol. The van der Waals surface area contributed by atoms with Crippen LogP contribution in [0.5, 0.6) is 0 Å². The van der Waals surface area contributed by atoms with Crippen LogP contribution in [0.2, 0.25) is 0 Å². The molecule has 0 radical (unpaired) electrons. The molecule has 0 bridgehead atoms. The van der Waals surface area contributed by atoms with Crippen LogP contribution in [0.3, 0.4) is 0 Å². The molecule has 62 valence electrons. The maximum Gasteiger partial charge on any atom is 0.105 e. The van der Waals surface area contributed by atoms with Gasteiger partial charge in [-0.05, 0) is 34.5 Å². The van der Waals surface area contributed by atoms with Crippen LogP contribution in [0.25, 0.3) is 0 Å². The molecule has 0 aliphatic heterocycles. The Balaban J connectivity index is 2.50. The molecule has 2 nitrogen and oxygen atoms in total. The molecule has 2 N–H and O–H groups in total. The fraction of sp³-hybridized carbons (Fsp3) is 0.500. The van der Waals surface area contributed by atoms with E-state index in [0.717, 1.165) is 16.7 Å². The second-order valence-electron chi connectivity index (χ2n) is 2.78. The monoisotopic (exact) mass is 217 g/mol. The molecule has 11 heavy (non-hydrogen) atoms. The van der Waals surface area contributed by atoms with Gasteiger partial charge in [0.1, 0.15) is 12.0 Å².